The number of nitrogens with one attached hydrogen (secondary N) is 1. The lowest BCUT2D eigenvalue weighted by atomic mass is 9.89. The van der Waals surface area contributed by atoms with Crippen molar-refractivity contribution in [3.8, 4) is 11.5 Å². The SMILES string of the molecule is C[C@@H](NC(=O)COC(=O)c1ccc2c(c1)OCO2)c1ccc2c(c1)CCCC2. The molecular formula is C22H23NO5. The molecule has 0 unspecified atom stereocenters. The molecule has 0 radical (unpaired) electrons. The Morgan fingerprint density at radius 3 is 2.68 bits per heavy atom. The highest BCUT2D eigenvalue weighted by atomic mass is 16.7. The molecule has 6 heteroatoms. The van der Waals surface area contributed by atoms with Gasteiger partial charge in [0.15, 0.2) is 18.1 Å². The Hall–Kier alpha value is -3.02. The number of carbonyl (C=O) groups excluding carboxylic acids is 2. The molecule has 0 aromatic heterocycles. The van der Waals surface area contributed by atoms with Crippen molar-refractivity contribution in [2.45, 2.75) is 38.6 Å². The highest BCUT2D eigenvalue weighted by molar-refractivity contribution is 5.92. The molecule has 1 aliphatic heterocycles. The number of fused-ring (bicyclic) bond motifs is 2. The lowest BCUT2D eigenvalue weighted by Gasteiger charge is -2.20. The van der Waals surface area contributed by atoms with Crippen LogP contribution >= 0.6 is 0 Å². The van der Waals surface area contributed by atoms with Crippen LogP contribution in [0.3, 0.4) is 0 Å². The average Bonchev–Trinajstić information content (AvgIpc) is 3.19. The van der Waals surface area contributed by atoms with Gasteiger partial charge in [0.1, 0.15) is 0 Å². The molecule has 2 aromatic carbocycles. The number of aryl methyl sites for hydroxylation is 2. The fraction of sp³-hybridized carbons (Fsp3) is 0.364. The number of amides is 1. The van der Waals surface area contributed by atoms with Gasteiger partial charge in [-0.05, 0) is 67.5 Å². The average molecular weight is 381 g/mol. The van der Waals surface area contributed by atoms with Gasteiger partial charge in [0.05, 0.1) is 11.6 Å². The Morgan fingerprint density at radius 2 is 1.82 bits per heavy atom. The van der Waals surface area contributed by atoms with E-state index in [9.17, 15) is 9.59 Å². The van der Waals surface area contributed by atoms with E-state index in [-0.39, 0.29) is 25.3 Å². The van der Waals surface area contributed by atoms with Crippen LogP contribution in [0.25, 0.3) is 0 Å². The topological polar surface area (TPSA) is 73.9 Å². The van der Waals surface area contributed by atoms with Gasteiger partial charge in [-0.15, -0.1) is 0 Å². The summed E-state index contributed by atoms with van der Waals surface area (Å²) in [5, 5.41) is 2.89. The summed E-state index contributed by atoms with van der Waals surface area (Å²) in [5.74, 6) is 0.183. The first-order valence-corrected chi connectivity index (χ1v) is 9.58. The standard InChI is InChI=1S/C22H23NO5/c1-14(16-7-6-15-4-2-3-5-17(15)10-16)23-21(24)12-26-22(25)18-8-9-19-20(11-18)28-13-27-19/h6-11,14H,2-5,12-13H2,1H3,(H,23,24)/t14-/m1/s1. The van der Waals surface area contributed by atoms with Gasteiger partial charge < -0.3 is 19.5 Å². The number of esters is 1. The minimum atomic E-state index is -0.574. The number of ether oxygens (including phenoxy) is 3. The maximum atomic E-state index is 12.2. The van der Waals surface area contributed by atoms with E-state index in [1.54, 1.807) is 18.2 Å². The van der Waals surface area contributed by atoms with Gasteiger partial charge in [0, 0.05) is 0 Å². The molecule has 0 saturated heterocycles. The maximum Gasteiger partial charge on any atom is 0.338 e. The van der Waals surface area contributed by atoms with Crippen molar-refractivity contribution in [2.24, 2.45) is 0 Å². The molecule has 1 atom stereocenters. The van der Waals surface area contributed by atoms with Gasteiger partial charge >= 0.3 is 5.97 Å². The summed E-state index contributed by atoms with van der Waals surface area (Å²) in [4.78, 5) is 24.4. The van der Waals surface area contributed by atoms with Crippen molar-refractivity contribution >= 4 is 11.9 Å². The molecule has 0 fully saturated rings. The highest BCUT2D eigenvalue weighted by Crippen LogP contribution is 2.32. The highest BCUT2D eigenvalue weighted by Gasteiger charge is 2.19. The van der Waals surface area contributed by atoms with Gasteiger partial charge in [-0.25, -0.2) is 4.79 Å². The summed E-state index contributed by atoms with van der Waals surface area (Å²) in [6.07, 6.45) is 4.68. The van der Waals surface area contributed by atoms with E-state index >= 15 is 0 Å². The second-order valence-electron chi connectivity index (χ2n) is 7.17. The molecule has 1 amide bonds. The fourth-order valence-electron chi connectivity index (χ4n) is 3.63. The number of hydrogen-bond donors (Lipinski definition) is 1. The zero-order valence-corrected chi connectivity index (χ0v) is 15.8. The Kier molecular flexibility index (Phi) is 5.19. The summed E-state index contributed by atoms with van der Waals surface area (Å²) < 4.78 is 15.6. The minimum absolute atomic E-state index is 0.136. The molecule has 1 N–H and O–H groups in total. The molecule has 0 spiro atoms. The lowest BCUT2D eigenvalue weighted by molar-refractivity contribution is -0.124. The Morgan fingerprint density at radius 1 is 1.04 bits per heavy atom. The summed E-state index contributed by atoms with van der Waals surface area (Å²) in [7, 11) is 0. The Labute approximate surface area is 163 Å². The summed E-state index contributed by atoms with van der Waals surface area (Å²) in [6.45, 7) is 1.74. The number of rotatable bonds is 5. The first-order valence-electron chi connectivity index (χ1n) is 9.58. The van der Waals surface area contributed by atoms with E-state index in [4.69, 9.17) is 14.2 Å². The van der Waals surface area contributed by atoms with E-state index < -0.39 is 5.97 Å². The lowest BCUT2D eigenvalue weighted by Crippen LogP contribution is -2.31. The van der Waals surface area contributed by atoms with E-state index in [0.29, 0.717) is 17.1 Å². The van der Waals surface area contributed by atoms with Crippen molar-refractivity contribution in [1.29, 1.82) is 0 Å². The second kappa shape index (κ2) is 7.92. The van der Waals surface area contributed by atoms with Crippen LogP contribution in [0.1, 0.15) is 52.9 Å². The third kappa shape index (κ3) is 3.96. The van der Waals surface area contributed by atoms with Gasteiger partial charge in [-0.3, -0.25) is 4.79 Å². The van der Waals surface area contributed by atoms with Crippen molar-refractivity contribution in [3.05, 3.63) is 58.7 Å². The predicted octanol–water partition coefficient (Wildman–Crippen LogP) is 3.33. The Balaban J connectivity index is 1.31. The van der Waals surface area contributed by atoms with E-state index in [2.05, 4.69) is 23.5 Å². The third-order valence-electron chi connectivity index (χ3n) is 5.19. The van der Waals surface area contributed by atoms with Crippen LogP contribution in [-0.2, 0) is 22.4 Å². The normalized spacial score (nSPS) is 15.5. The third-order valence-corrected chi connectivity index (χ3v) is 5.19. The largest absolute Gasteiger partial charge is 0.454 e. The molecular weight excluding hydrogens is 358 g/mol. The fourth-order valence-corrected chi connectivity index (χ4v) is 3.63. The summed E-state index contributed by atoms with van der Waals surface area (Å²) in [5.41, 5.74) is 4.17. The van der Waals surface area contributed by atoms with Crippen LogP contribution in [0.15, 0.2) is 36.4 Å². The van der Waals surface area contributed by atoms with Gasteiger partial charge in [0.2, 0.25) is 6.79 Å². The molecule has 2 aliphatic rings. The molecule has 2 aromatic rings. The minimum Gasteiger partial charge on any atom is -0.454 e. The molecule has 0 bridgehead atoms. The Bertz CT molecular complexity index is 908. The predicted molar refractivity (Wildman–Crippen MR) is 102 cm³/mol. The van der Waals surface area contributed by atoms with E-state index in [1.165, 1.54) is 24.0 Å². The van der Waals surface area contributed by atoms with Crippen LogP contribution in [-0.4, -0.2) is 25.3 Å². The number of benzene rings is 2. The second-order valence-corrected chi connectivity index (χ2v) is 7.17. The van der Waals surface area contributed by atoms with Crippen molar-refractivity contribution in [1.82, 2.24) is 5.32 Å². The van der Waals surface area contributed by atoms with Gasteiger partial charge in [-0.2, -0.15) is 0 Å². The van der Waals surface area contributed by atoms with E-state index in [0.717, 1.165) is 18.4 Å². The molecule has 6 nitrogen and oxygen atoms in total. The van der Waals surface area contributed by atoms with Crippen molar-refractivity contribution < 1.29 is 23.8 Å². The molecule has 1 aliphatic carbocycles. The van der Waals surface area contributed by atoms with Crippen LogP contribution in [0.4, 0.5) is 0 Å². The first-order chi connectivity index (χ1) is 13.6. The van der Waals surface area contributed by atoms with Gasteiger partial charge in [0.25, 0.3) is 5.91 Å². The van der Waals surface area contributed by atoms with Gasteiger partial charge in [-0.1, -0.05) is 18.2 Å². The smallest absolute Gasteiger partial charge is 0.338 e. The maximum absolute atomic E-state index is 12.2. The number of hydrogen-bond acceptors (Lipinski definition) is 5. The van der Waals surface area contributed by atoms with Crippen LogP contribution < -0.4 is 14.8 Å². The molecule has 1 heterocycles. The van der Waals surface area contributed by atoms with Crippen molar-refractivity contribution in [3.63, 3.8) is 0 Å². The van der Waals surface area contributed by atoms with Crippen LogP contribution in [0.5, 0.6) is 11.5 Å². The zero-order chi connectivity index (χ0) is 19.5. The molecule has 28 heavy (non-hydrogen) atoms. The van der Waals surface area contributed by atoms with Crippen molar-refractivity contribution in [2.75, 3.05) is 13.4 Å². The number of carbonyl (C=O) groups is 2. The van der Waals surface area contributed by atoms with Crippen LogP contribution in [0, 0.1) is 0 Å². The molecule has 4 rings (SSSR count). The summed E-state index contributed by atoms with van der Waals surface area (Å²) in [6, 6.07) is 11.0. The zero-order valence-electron chi connectivity index (χ0n) is 15.8. The van der Waals surface area contributed by atoms with E-state index in [1.807, 2.05) is 6.92 Å². The quantitative estimate of drug-likeness (QED) is 0.804. The molecule has 146 valence electrons. The monoisotopic (exact) mass is 381 g/mol. The first kappa shape index (κ1) is 18.3. The summed E-state index contributed by atoms with van der Waals surface area (Å²) >= 11 is 0. The molecule has 0 saturated carbocycles. The van der Waals surface area contributed by atoms with Crippen LogP contribution in [0.2, 0.25) is 0 Å².